The van der Waals surface area contributed by atoms with E-state index >= 15 is 0 Å². The molecule has 2 aromatic carbocycles. The van der Waals surface area contributed by atoms with Crippen LogP contribution in [0.3, 0.4) is 0 Å². The third-order valence-corrected chi connectivity index (χ3v) is 5.85. The number of amides is 2. The van der Waals surface area contributed by atoms with Crippen molar-refractivity contribution in [3.05, 3.63) is 59.7 Å². The van der Waals surface area contributed by atoms with Crippen LogP contribution in [0.2, 0.25) is 0 Å². The monoisotopic (exact) mass is 510 g/mol. The van der Waals surface area contributed by atoms with Gasteiger partial charge in [0.05, 0.1) is 23.9 Å². The molecule has 0 aromatic heterocycles. The fourth-order valence-corrected chi connectivity index (χ4v) is 3.79. The first kappa shape index (κ1) is 29.5. The second-order valence-electron chi connectivity index (χ2n) is 8.87. The SMILES string of the molecule is CCCCCCCCCCCC(=O)Nc1ccccc1C(=O)OCC(=O)Nc1ccc(C(=O)OC)cc1. The van der Waals surface area contributed by atoms with E-state index < -0.39 is 24.5 Å². The molecule has 0 saturated heterocycles. The van der Waals surface area contributed by atoms with E-state index in [1.165, 1.54) is 57.8 Å². The maximum Gasteiger partial charge on any atom is 0.340 e. The highest BCUT2D eigenvalue weighted by Gasteiger charge is 2.16. The third kappa shape index (κ3) is 11.3. The average molecular weight is 511 g/mol. The standard InChI is InChI=1S/C29H38N2O6/c1-3-4-5-6-7-8-9-10-11-16-26(32)31-25-15-13-12-14-24(25)29(35)37-21-27(33)30-23-19-17-22(18-20-23)28(34)36-2/h12-15,17-20H,3-11,16,21H2,1-2H3,(H,30,33)(H,31,32). The highest BCUT2D eigenvalue weighted by Crippen LogP contribution is 2.18. The fourth-order valence-electron chi connectivity index (χ4n) is 3.79. The van der Waals surface area contributed by atoms with E-state index in [1.807, 2.05) is 0 Å². The molecule has 2 rings (SSSR count). The fraction of sp³-hybridized carbons (Fsp3) is 0.448. The molecule has 0 unspecified atom stereocenters. The number of carbonyl (C=O) groups excluding carboxylic acids is 4. The first-order valence-electron chi connectivity index (χ1n) is 13.0. The molecule has 0 fully saturated rings. The Bertz CT molecular complexity index is 1020. The summed E-state index contributed by atoms with van der Waals surface area (Å²) in [6.07, 6.45) is 10.9. The zero-order chi connectivity index (χ0) is 26.9. The number of benzene rings is 2. The lowest BCUT2D eigenvalue weighted by molar-refractivity contribution is -0.119. The van der Waals surface area contributed by atoms with Crippen LogP contribution in [0, 0.1) is 0 Å². The smallest absolute Gasteiger partial charge is 0.340 e. The van der Waals surface area contributed by atoms with Gasteiger partial charge >= 0.3 is 11.9 Å². The van der Waals surface area contributed by atoms with Gasteiger partial charge in [-0.25, -0.2) is 9.59 Å². The Morgan fingerprint density at radius 3 is 1.97 bits per heavy atom. The molecule has 0 radical (unpaired) electrons. The quantitative estimate of drug-likeness (QED) is 0.208. The van der Waals surface area contributed by atoms with Gasteiger partial charge in [0.1, 0.15) is 0 Å². The molecule has 2 N–H and O–H groups in total. The lowest BCUT2D eigenvalue weighted by Gasteiger charge is -2.11. The number of nitrogens with one attached hydrogen (secondary N) is 2. The molecule has 2 amide bonds. The Morgan fingerprint density at radius 2 is 1.32 bits per heavy atom. The summed E-state index contributed by atoms with van der Waals surface area (Å²) in [6.45, 7) is 1.71. The van der Waals surface area contributed by atoms with E-state index in [-0.39, 0.29) is 11.5 Å². The van der Waals surface area contributed by atoms with Gasteiger partial charge in [-0.2, -0.15) is 0 Å². The van der Waals surface area contributed by atoms with E-state index in [1.54, 1.807) is 36.4 Å². The minimum atomic E-state index is -0.713. The Hall–Kier alpha value is -3.68. The Balaban J connectivity index is 1.74. The highest BCUT2D eigenvalue weighted by atomic mass is 16.5. The van der Waals surface area contributed by atoms with E-state index in [2.05, 4.69) is 22.3 Å². The maximum absolute atomic E-state index is 12.6. The van der Waals surface area contributed by atoms with Gasteiger partial charge in [-0.1, -0.05) is 70.4 Å². The Morgan fingerprint density at radius 1 is 0.703 bits per heavy atom. The summed E-state index contributed by atoms with van der Waals surface area (Å²) in [7, 11) is 1.29. The van der Waals surface area contributed by atoms with Crippen molar-refractivity contribution in [3.63, 3.8) is 0 Å². The van der Waals surface area contributed by atoms with Crippen molar-refractivity contribution in [1.29, 1.82) is 0 Å². The molecule has 37 heavy (non-hydrogen) atoms. The van der Waals surface area contributed by atoms with Crippen LogP contribution >= 0.6 is 0 Å². The van der Waals surface area contributed by atoms with E-state index in [0.29, 0.717) is 23.4 Å². The predicted octanol–water partition coefficient (Wildman–Crippen LogP) is 6.13. The van der Waals surface area contributed by atoms with Gasteiger partial charge in [-0.15, -0.1) is 0 Å². The van der Waals surface area contributed by atoms with Crippen LogP contribution < -0.4 is 10.6 Å². The third-order valence-electron chi connectivity index (χ3n) is 5.85. The van der Waals surface area contributed by atoms with E-state index in [9.17, 15) is 19.2 Å². The van der Waals surface area contributed by atoms with Crippen LogP contribution in [0.4, 0.5) is 11.4 Å². The lowest BCUT2D eigenvalue weighted by Crippen LogP contribution is -2.22. The van der Waals surface area contributed by atoms with Crippen molar-refractivity contribution in [3.8, 4) is 0 Å². The number of hydrogen-bond donors (Lipinski definition) is 2. The zero-order valence-corrected chi connectivity index (χ0v) is 21.8. The topological polar surface area (TPSA) is 111 Å². The molecule has 0 aliphatic heterocycles. The summed E-state index contributed by atoms with van der Waals surface area (Å²) < 4.78 is 9.78. The minimum Gasteiger partial charge on any atom is -0.465 e. The van der Waals surface area contributed by atoms with Gasteiger partial charge in [0, 0.05) is 12.1 Å². The van der Waals surface area contributed by atoms with Gasteiger partial charge in [-0.3, -0.25) is 9.59 Å². The first-order valence-corrected chi connectivity index (χ1v) is 13.0. The van der Waals surface area contributed by atoms with Gasteiger partial charge in [0.2, 0.25) is 5.91 Å². The molecular weight excluding hydrogens is 472 g/mol. The summed E-state index contributed by atoms with van der Waals surface area (Å²) in [5, 5.41) is 5.38. The predicted molar refractivity (Wildman–Crippen MR) is 144 cm³/mol. The summed E-state index contributed by atoms with van der Waals surface area (Å²) in [4.78, 5) is 48.7. The van der Waals surface area contributed by atoms with E-state index in [4.69, 9.17) is 4.74 Å². The second-order valence-corrected chi connectivity index (χ2v) is 8.87. The van der Waals surface area contributed by atoms with Crippen molar-refractivity contribution in [2.75, 3.05) is 24.4 Å². The van der Waals surface area contributed by atoms with Gasteiger partial charge in [0.25, 0.3) is 5.91 Å². The van der Waals surface area contributed by atoms with Crippen molar-refractivity contribution < 1.29 is 28.7 Å². The number of unbranched alkanes of at least 4 members (excludes halogenated alkanes) is 8. The molecule has 0 aliphatic rings. The van der Waals surface area contributed by atoms with Crippen LogP contribution in [-0.4, -0.2) is 37.5 Å². The summed E-state index contributed by atoms with van der Waals surface area (Å²) in [5.41, 5.74) is 1.33. The Kier molecular flexibility index (Phi) is 13.5. The molecule has 200 valence electrons. The molecule has 0 atom stereocenters. The molecule has 0 bridgehead atoms. The van der Waals surface area contributed by atoms with Crippen LogP contribution in [0.5, 0.6) is 0 Å². The number of ether oxygens (including phenoxy) is 2. The average Bonchev–Trinajstić information content (AvgIpc) is 2.91. The molecule has 0 spiro atoms. The molecular formula is C29H38N2O6. The molecule has 8 nitrogen and oxygen atoms in total. The molecule has 0 saturated carbocycles. The van der Waals surface area contributed by atoms with Crippen LogP contribution in [0.15, 0.2) is 48.5 Å². The van der Waals surface area contributed by atoms with Gasteiger partial charge < -0.3 is 20.1 Å². The molecule has 2 aromatic rings. The molecule has 0 aliphatic carbocycles. The number of esters is 2. The largest absolute Gasteiger partial charge is 0.465 e. The zero-order valence-electron chi connectivity index (χ0n) is 21.8. The van der Waals surface area contributed by atoms with E-state index in [0.717, 1.165) is 19.3 Å². The number of anilines is 2. The number of para-hydroxylation sites is 1. The lowest BCUT2D eigenvalue weighted by atomic mass is 10.1. The molecule has 8 heteroatoms. The van der Waals surface area contributed by atoms with Crippen LogP contribution in [-0.2, 0) is 19.1 Å². The Labute approximate surface area is 219 Å². The summed E-state index contributed by atoms with van der Waals surface area (Å²) >= 11 is 0. The van der Waals surface area contributed by atoms with Crippen LogP contribution in [0.1, 0.15) is 91.8 Å². The number of rotatable bonds is 16. The van der Waals surface area contributed by atoms with Gasteiger partial charge in [-0.05, 0) is 42.8 Å². The van der Waals surface area contributed by atoms with Crippen molar-refractivity contribution in [1.82, 2.24) is 0 Å². The molecule has 0 heterocycles. The second kappa shape index (κ2) is 16.9. The number of hydrogen-bond acceptors (Lipinski definition) is 6. The summed E-state index contributed by atoms with van der Waals surface area (Å²) in [5.74, 6) is -1.89. The van der Waals surface area contributed by atoms with Crippen molar-refractivity contribution in [2.45, 2.75) is 71.1 Å². The van der Waals surface area contributed by atoms with Crippen LogP contribution in [0.25, 0.3) is 0 Å². The number of carbonyl (C=O) groups is 4. The maximum atomic E-state index is 12.6. The van der Waals surface area contributed by atoms with Crippen molar-refractivity contribution >= 4 is 35.1 Å². The van der Waals surface area contributed by atoms with Gasteiger partial charge in [0.15, 0.2) is 6.61 Å². The normalized spacial score (nSPS) is 10.4. The highest BCUT2D eigenvalue weighted by molar-refractivity contribution is 6.02. The number of methoxy groups -OCH3 is 1. The minimum absolute atomic E-state index is 0.156. The first-order chi connectivity index (χ1) is 17.9. The summed E-state index contributed by atoms with van der Waals surface area (Å²) in [6, 6.07) is 12.7. The van der Waals surface area contributed by atoms with Crippen molar-refractivity contribution in [2.24, 2.45) is 0 Å².